The molecular weight excluding hydrogens is 171 g/mol. The maximum Gasteiger partial charge on any atom is 0.237 e. The molecule has 1 aliphatic carbocycles. The molecule has 0 saturated heterocycles. The van der Waals surface area contributed by atoms with E-state index in [-0.39, 0.29) is 11.6 Å². The van der Waals surface area contributed by atoms with E-state index in [1.54, 1.807) is 0 Å². The number of hydrogen-bond acceptors (Lipinski definition) is 3. The average Bonchev–Trinajstić information content (AvgIpc) is 2.01. The first kappa shape index (κ1) is 8.56. The van der Waals surface area contributed by atoms with Gasteiger partial charge in [0, 0.05) is 12.4 Å². The van der Waals surface area contributed by atoms with Crippen molar-refractivity contribution >= 4 is 0 Å². The number of nitrogens with zero attached hydrogens (tertiary/aromatic N) is 2. The second kappa shape index (κ2) is 3.38. The Bertz CT molecular complexity index is 301. The van der Waals surface area contributed by atoms with Crippen LogP contribution in [-0.4, -0.2) is 15.1 Å². The van der Waals surface area contributed by atoms with Crippen molar-refractivity contribution < 1.29 is 9.50 Å². The number of rotatable bonds is 2. The monoisotopic (exact) mass is 182 g/mol. The first-order valence-electron chi connectivity index (χ1n) is 4.43. The molecule has 2 rings (SSSR count). The molecule has 70 valence electrons. The Kier molecular flexibility index (Phi) is 2.22. The molecule has 1 N–H and O–H groups in total. The van der Waals surface area contributed by atoms with Crippen LogP contribution in [0.25, 0.3) is 0 Å². The fraction of sp³-hybridized carbons (Fsp3) is 0.556. The molecule has 0 bridgehead atoms. The lowest BCUT2D eigenvalue weighted by molar-refractivity contribution is 0.0548. The van der Waals surface area contributed by atoms with Crippen molar-refractivity contribution in [2.24, 2.45) is 5.92 Å². The van der Waals surface area contributed by atoms with Crippen molar-refractivity contribution in [2.45, 2.75) is 25.4 Å². The minimum absolute atomic E-state index is 0.0900. The summed E-state index contributed by atoms with van der Waals surface area (Å²) in [5.41, 5.74) is 0.0900. The molecule has 1 aliphatic rings. The van der Waals surface area contributed by atoms with Crippen LogP contribution in [-0.2, 0) is 0 Å². The Morgan fingerprint density at radius 3 is 2.62 bits per heavy atom. The fourth-order valence-corrected chi connectivity index (χ4v) is 1.51. The summed E-state index contributed by atoms with van der Waals surface area (Å²) in [5.74, 6) is -0.479. The highest BCUT2D eigenvalue weighted by atomic mass is 19.1. The van der Waals surface area contributed by atoms with Gasteiger partial charge >= 0.3 is 0 Å². The summed E-state index contributed by atoms with van der Waals surface area (Å²) in [6, 6.07) is 0. The lowest BCUT2D eigenvalue weighted by Crippen LogP contribution is -2.22. The third-order valence-corrected chi connectivity index (χ3v) is 2.56. The van der Waals surface area contributed by atoms with E-state index >= 15 is 0 Å². The van der Waals surface area contributed by atoms with E-state index < -0.39 is 12.1 Å². The van der Waals surface area contributed by atoms with Gasteiger partial charge in [0.05, 0.1) is 0 Å². The molecule has 1 atom stereocenters. The first-order valence-corrected chi connectivity index (χ1v) is 4.43. The molecule has 1 unspecified atom stereocenters. The van der Waals surface area contributed by atoms with E-state index in [1.165, 1.54) is 12.4 Å². The van der Waals surface area contributed by atoms with Crippen LogP contribution in [0.2, 0.25) is 0 Å². The molecule has 1 aromatic rings. The van der Waals surface area contributed by atoms with Gasteiger partial charge in [0.2, 0.25) is 5.95 Å². The number of aromatic nitrogens is 2. The van der Waals surface area contributed by atoms with Crippen molar-refractivity contribution in [3.05, 3.63) is 24.0 Å². The molecule has 1 aromatic heterocycles. The Labute approximate surface area is 75.6 Å². The van der Waals surface area contributed by atoms with Crippen LogP contribution >= 0.6 is 0 Å². The Morgan fingerprint density at radius 2 is 2.08 bits per heavy atom. The summed E-state index contributed by atoms with van der Waals surface area (Å²) in [6.07, 6.45) is 4.94. The molecule has 1 saturated carbocycles. The van der Waals surface area contributed by atoms with Gasteiger partial charge in [-0.1, -0.05) is 6.42 Å². The quantitative estimate of drug-likeness (QED) is 0.752. The normalized spacial score (nSPS) is 19.5. The van der Waals surface area contributed by atoms with Crippen molar-refractivity contribution in [3.63, 3.8) is 0 Å². The van der Waals surface area contributed by atoms with Crippen LogP contribution in [0.4, 0.5) is 4.39 Å². The predicted octanol–water partition coefficient (Wildman–Crippen LogP) is 1.45. The van der Waals surface area contributed by atoms with E-state index in [0.717, 1.165) is 19.3 Å². The number of aliphatic hydroxyl groups is 1. The smallest absolute Gasteiger partial charge is 0.237 e. The van der Waals surface area contributed by atoms with Crippen LogP contribution in [0, 0.1) is 11.9 Å². The highest BCUT2D eigenvalue weighted by Crippen LogP contribution is 2.37. The second-order valence-electron chi connectivity index (χ2n) is 3.37. The largest absolute Gasteiger partial charge is 0.386 e. The van der Waals surface area contributed by atoms with Crippen molar-refractivity contribution in [1.82, 2.24) is 9.97 Å². The highest BCUT2D eigenvalue weighted by Gasteiger charge is 2.29. The summed E-state index contributed by atoms with van der Waals surface area (Å²) < 4.78 is 13.0. The maximum atomic E-state index is 13.0. The molecule has 0 aliphatic heterocycles. The van der Waals surface area contributed by atoms with Gasteiger partial charge in [-0.15, -0.1) is 0 Å². The van der Waals surface area contributed by atoms with Gasteiger partial charge in [0.25, 0.3) is 0 Å². The minimum atomic E-state index is -0.776. The molecule has 0 radical (unpaired) electrons. The van der Waals surface area contributed by atoms with Gasteiger partial charge in [-0.2, -0.15) is 4.39 Å². The molecule has 0 aromatic carbocycles. The fourth-order valence-electron chi connectivity index (χ4n) is 1.51. The van der Waals surface area contributed by atoms with Crippen molar-refractivity contribution in [3.8, 4) is 0 Å². The Balaban J connectivity index is 2.18. The van der Waals surface area contributed by atoms with Crippen molar-refractivity contribution in [2.75, 3.05) is 0 Å². The zero-order valence-electron chi connectivity index (χ0n) is 7.15. The molecule has 3 nitrogen and oxygen atoms in total. The lowest BCUT2D eigenvalue weighted by Gasteiger charge is -2.29. The van der Waals surface area contributed by atoms with Gasteiger partial charge in [0.1, 0.15) is 11.8 Å². The molecule has 1 fully saturated rings. The van der Waals surface area contributed by atoms with Gasteiger partial charge < -0.3 is 5.11 Å². The van der Waals surface area contributed by atoms with Crippen LogP contribution in [0.15, 0.2) is 12.4 Å². The number of halogens is 1. The van der Waals surface area contributed by atoms with Crippen LogP contribution in [0.1, 0.15) is 31.1 Å². The predicted molar refractivity (Wildman–Crippen MR) is 44.3 cm³/mol. The summed E-state index contributed by atoms with van der Waals surface area (Å²) in [6.45, 7) is 0. The maximum absolute atomic E-state index is 13.0. The van der Waals surface area contributed by atoms with Gasteiger partial charge in [0.15, 0.2) is 0 Å². The highest BCUT2D eigenvalue weighted by molar-refractivity contribution is 5.04. The first-order chi connectivity index (χ1) is 6.29. The van der Waals surface area contributed by atoms with Crippen LogP contribution < -0.4 is 0 Å². The standard InChI is InChI=1S/C9H11FN2O/c10-9-7(11-4-5-12-9)8(13)6-2-1-3-6/h4-6,8,13H,1-3H2. The molecular formula is C9H11FN2O. The molecule has 4 heteroatoms. The van der Waals surface area contributed by atoms with Gasteiger partial charge in [-0.05, 0) is 18.8 Å². The topological polar surface area (TPSA) is 46.0 Å². The third kappa shape index (κ3) is 1.54. The summed E-state index contributed by atoms with van der Waals surface area (Å²) in [4.78, 5) is 7.25. The van der Waals surface area contributed by atoms with Gasteiger partial charge in [-0.25, -0.2) is 4.98 Å². The molecule has 13 heavy (non-hydrogen) atoms. The molecule has 0 amide bonds. The molecule has 1 heterocycles. The SMILES string of the molecule is OC(c1nccnc1F)C1CCC1. The number of hydrogen-bond donors (Lipinski definition) is 1. The zero-order valence-corrected chi connectivity index (χ0v) is 7.15. The van der Waals surface area contributed by atoms with E-state index in [9.17, 15) is 9.50 Å². The van der Waals surface area contributed by atoms with E-state index in [0.29, 0.717) is 0 Å². The zero-order chi connectivity index (χ0) is 9.26. The minimum Gasteiger partial charge on any atom is -0.386 e. The Hall–Kier alpha value is -1.03. The van der Waals surface area contributed by atoms with E-state index in [4.69, 9.17) is 0 Å². The van der Waals surface area contributed by atoms with Crippen LogP contribution in [0.5, 0.6) is 0 Å². The summed E-state index contributed by atoms with van der Waals surface area (Å²) >= 11 is 0. The summed E-state index contributed by atoms with van der Waals surface area (Å²) in [5, 5.41) is 9.68. The molecule has 0 spiro atoms. The van der Waals surface area contributed by atoms with Crippen molar-refractivity contribution in [1.29, 1.82) is 0 Å². The second-order valence-corrected chi connectivity index (χ2v) is 3.37. The van der Waals surface area contributed by atoms with E-state index in [1.807, 2.05) is 0 Å². The third-order valence-electron chi connectivity index (χ3n) is 2.56. The average molecular weight is 182 g/mol. The number of aliphatic hydroxyl groups excluding tert-OH is 1. The Morgan fingerprint density at radius 1 is 1.38 bits per heavy atom. The van der Waals surface area contributed by atoms with E-state index in [2.05, 4.69) is 9.97 Å². The van der Waals surface area contributed by atoms with Crippen LogP contribution in [0.3, 0.4) is 0 Å². The lowest BCUT2D eigenvalue weighted by atomic mass is 9.80. The van der Waals surface area contributed by atoms with Gasteiger partial charge in [-0.3, -0.25) is 4.98 Å². The summed E-state index contributed by atoms with van der Waals surface area (Å²) in [7, 11) is 0.